The number of piperidine rings is 1. The third-order valence-corrected chi connectivity index (χ3v) is 10.8. The summed E-state index contributed by atoms with van der Waals surface area (Å²) in [5, 5.41) is 12.0. The summed E-state index contributed by atoms with van der Waals surface area (Å²) in [4.78, 5) is 39.6. The lowest BCUT2D eigenvalue weighted by atomic mass is 9.91. The number of aromatic nitrogens is 2. The van der Waals surface area contributed by atoms with Crippen molar-refractivity contribution in [3.63, 3.8) is 0 Å². The van der Waals surface area contributed by atoms with Crippen LogP contribution in [0, 0.1) is 12.7 Å². The van der Waals surface area contributed by atoms with E-state index in [2.05, 4.69) is 79.9 Å². The molecule has 2 fully saturated rings. The number of aryl methyl sites for hydroxylation is 1. The standard InChI is InChI=1S/C39H48FN7O2S/c1-4-47(5-2)34-17-19-46(20-18-34)24-27-9-11-28(12-10-27)29-7-6-8-33(21-29)43-37-35(22-30(40)23-41-37)38(48)44-31-13-15-32(16-14-31)45-39(49)36-25-50-26(3)42-36/h6-12,21-23,25,31-32,34H,4-5,13-20,24H2,1-3H3,(H,41,43)(H,44,48)(H,45,49). The Bertz CT molecular complexity index is 1740. The number of thiazole rings is 1. The second-order valence-corrected chi connectivity index (χ2v) is 14.5. The number of pyridine rings is 1. The molecule has 0 atom stereocenters. The molecule has 2 aromatic heterocycles. The molecule has 264 valence electrons. The van der Waals surface area contributed by atoms with E-state index in [-0.39, 0.29) is 29.5 Å². The van der Waals surface area contributed by atoms with Crippen molar-refractivity contribution in [2.75, 3.05) is 31.5 Å². The van der Waals surface area contributed by atoms with E-state index in [1.807, 2.05) is 25.1 Å². The fraction of sp³-hybridized carbons (Fsp3) is 0.436. The zero-order valence-electron chi connectivity index (χ0n) is 29.3. The Hall–Kier alpha value is -4.19. The molecule has 0 unspecified atom stereocenters. The van der Waals surface area contributed by atoms with E-state index in [4.69, 9.17) is 0 Å². The summed E-state index contributed by atoms with van der Waals surface area (Å²) in [6, 6.07) is 18.5. The lowest BCUT2D eigenvalue weighted by Gasteiger charge is -2.37. The van der Waals surface area contributed by atoms with Gasteiger partial charge in [-0.15, -0.1) is 11.3 Å². The maximum atomic E-state index is 14.4. The fourth-order valence-corrected chi connectivity index (χ4v) is 7.83. The van der Waals surface area contributed by atoms with Gasteiger partial charge in [0.1, 0.15) is 17.3 Å². The third kappa shape index (κ3) is 9.12. The summed E-state index contributed by atoms with van der Waals surface area (Å²) in [6.07, 6.45) is 6.43. The second kappa shape index (κ2) is 16.7. The second-order valence-electron chi connectivity index (χ2n) is 13.4. The molecule has 0 radical (unpaired) electrons. The van der Waals surface area contributed by atoms with Gasteiger partial charge in [0.2, 0.25) is 0 Å². The molecule has 3 N–H and O–H groups in total. The molecule has 9 nitrogen and oxygen atoms in total. The minimum absolute atomic E-state index is 0.0228. The Kier molecular flexibility index (Phi) is 11.9. The van der Waals surface area contributed by atoms with Gasteiger partial charge in [-0.25, -0.2) is 14.4 Å². The van der Waals surface area contributed by atoms with Gasteiger partial charge in [0.05, 0.1) is 16.8 Å². The van der Waals surface area contributed by atoms with Crippen LogP contribution in [0.3, 0.4) is 0 Å². The molecule has 2 amide bonds. The third-order valence-electron chi connectivity index (χ3n) is 10.1. The van der Waals surface area contributed by atoms with E-state index in [9.17, 15) is 14.0 Å². The minimum atomic E-state index is -0.577. The van der Waals surface area contributed by atoms with E-state index in [0.717, 1.165) is 73.6 Å². The lowest BCUT2D eigenvalue weighted by Crippen LogP contribution is -2.44. The molecule has 0 bridgehead atoms. The number of hydrogen-bond acceptors (Lipinski definition) is 8. The number of carbonyl (C=O) groups excluding carboxylic acids is 2. The van der Waals surface area contributed by atoms with Crippen LogP contribution in [0.15, 0.2) is 66.2 Å². The highest BCUT2D eigenvalue weighted by Crippen LogP contribution is 2.28. The molecule has 1 aliphatic carbocycles. The van der Waals surface area contributed by atoms with E-state index in [0.29, 0.717) is 30.4 Å². The van der Waals surface area contributed by atoms with Crippen molar-refractivity contribution in [3.05, 3.63) is 93.8 Å². The van der Waals surface area contributed by atoms with Gasteiger partial charge in [0, 0.05) is 35.7 Å². The molecular weight excluding hydrogens is 650 g/mol. The minimum Gasteiger partial charge on any atom is -0.349 e. The first kappa shape index (κ1) is 35.6. The number of nitrogens with one attached hydrogen (secondary N) is 3. The fourth-order valence-electron chi connectivity index (χ4n) is 7.24. The average Bonchev–Trinajstić information content (AvgIpc) is 3.58. The summed E-state index contributed by atoms with van der Waals surface area (Å²) >= 11 is 1.45. The van der Waals surface area contributed by atoms with Crippen molar-refractivity contribution in [2.45, 2.75) is 84.0 Å². The topological polar surface area (TPSA) is 102 Å². The first-order chi connectivity index (χ1) is 24.3. The molecule has 11 heteroatoms. The lowest BCUT2D eigenvalue weighted by molar-refractivity contribution is 0.0889. The van der Waals surface area contributed by atoms with Gasteiger partial charge in [-0.05, 0) is 107 Å². The number of rotatable bonds is 12. The molecule has 1 saturated carbocycles. The van der Waals surface area contributed by atoms with Gasteiger partial charge in [-0.1, -0.05) is 50.2 Å². The van der Waals surface area contributed by atoms with Crippen molar-refractivity contribution >= 4 is 34.7 Å². The Balaban J connectivity index is 1.03. The molecule has 3 heterocycles. The van der Waals surface area contributed by atoms with Crippen LogP contribution in [0.2, 0.25) is 0 Å². The molecule has 2 aliphatic rings. The van der Waals surface area contributed by atoms with Gasteiger partial charge in [-0.2, -0.15) is 0 Å². The number of hydrogen-bond donors (Lipinski definition) is 3. The highest BCUT2D eigenvalue weighted by atomic mass is 32.1. The summed E-state index contributed by atoms with van der Waals surface area (Å²) in [5.74, 6) is -0.831. The largest absolute Gasteiger partial charge is 0.349 e. The number of benzene rings is 2. The monoisotopic (exact) mass is 697 g/mol. The molecular formula is C39H48FN7O2S. The number of halogens is 1. The van der Waals surface area contributed by atoms with E-state index in [1.165, 1.54) is 35.8 Å². The first-order valence-electron chi connectivity index (χ1n) is 17.9. The van der Waals surface area contributed by atoms with Gasteiger partial charge >= 0.3 is 0 Å². The van der Waals surface area contributed by atoms with Gasteiger partial charge < -0.3 is 20.9 Å². The van der Waals surface area contributed by atoms with Crippen molar-refractivity contribution in [2.24, 2.45) is 0 Å². The molecule has 4 aromatic rings. The highest BCUT2D eigenvalue weighted by molar-refractivity contribution is 7.09. The summed E-state index contributed by atoms with van der Waals surface area (Å²) in [5.41, 5.74) is 4.77. The molecule has 6 rings (SSSR count). The Morgan fingerprint density at radius 3 is 2.22 bits per heavy atom. The van der Waals surface area contributed by atoms with E-state index >= 15 is 0 Å². The van der Waals surface area contributed by atoms with Crippen LogP contribution >= 0.6 is 11.3 Å². The summed E-state index contributed by atoms with van der Waals surface area (Å²) < 4.78 is 14.4. The maximum Gasteiger partial charge on any atom is 0.270 e. The Labute approximate surface area is 298 Å². The van der Waals surface area contributed by atoms with Crippen LogP contribution < -0.4 is 16.0 Å². The van der Waals surface area contributed by atoms with Gasteiger partial charge in [0.15, 0.2) is 0 Å². The zero-order valence-corrected chi connectivity index (χ0v) is 30.1. The van der Waals surface area contributed by atoms with Crippen LogP contribution in [0.1, 0.15) is 83.8 Å². The van der Waals surface area contributed by atoms with Crippen molar-refractivity contribution in [1.29, 1.82) is 0 Å². The van der Waals surface area contributed by atoms with Crippen LogP contribution in [-0.2, 0) is 6.54 Å². The van der Waals surface area contributed by atoms with Crippen LogP contribution in [-0.4, -0.2) is 75.9 Å². The number of anilines is 2. The molecule has 0 spiro atoms. The normalized spacial score (nSPS) is 18.6. The molecule has 50 heavy (non-hydrogen) atoms. The maximum absolute atomic E-state index is 14.4. The van der Waals surface area contributed by atoms with E-state index < -0.39 is 5.82 Å². The van der Waals surface area contributed by atoms with Gasteiger partial charge in [0.25, 0.3) is 11.8 Å². The summed E-state index contributed by atoms with van der Waals surface area (Å²) in [7, 11) is 0. The van der Waals surface area contributed by atoms with Crippen LogP contribution in [0.5, 0.6) is 0 Å². The predicted molar refractivity (Wildman–Crippen MR) is 198 cm³/mol. The van der Waals surface area contributed by atoms with Crippen LogP contribution in [0.4, 0.5) is 15.9 Å². The van der Waals surface area contributed by atoms with Crippen molar-refractivity contribution in [3.8, 4) is 11.1 Å². The van der Waals surface area contributed by atoms with Crippen LogP contribution in [0.25, 0.3) is 11.1 Å². The quantitative estimate of drug-likeness (QED) is 0.144. The highest BCUT2D eigenvalue weighted by Gasteiger charge is 2.26. The van der Waals surface area contributed by atoms with E-state index in [1.54, 1.807) is 5.38 Å². The molecule has 2 aromatic carbocycles. The number of amides is 2. The van der Waals surface area contributed by atoms with Crippen molar-refractivity contribution < 1.29 is 14.0 Å². The number of carbonyl (C=O) groups is 2. The predicted octanol–water partition coefficient (Wildman–Crippen LogP) is 7.17. The smallest absolute Gasteiger partial charge is 0.270 e. The Morgan fingerprint density at radius 2 is 1.58 bits per heavy atom. The number of nitrogens with zero attached hydrogens (tertiary/aromatic N) is 4. The SMILES string of the molecule is CCN(CC)C1CCN(Cc2ccc(-c3cccc(Nc4ncc(F)cc4C(=O)NC4CCC(NC(=O)c5csc(C)n5)CC4)c3)cc2)CC1. The first-order valence-corrected chi connectivity index (χ1v) is 18.8. The number of likely N-dealkylation sites (tertiary alicyclic amines) is 1. The molecule has 1 saturated heterocycles. The zero-order chi connectivity index (χ0) is 35.0. The summed E-state index contributed by atoms with van der Waals surface area (Å²) in [6.45, 7) is 11.8. The Morgan fingerprint density at radius 1 is 0.900 bits per heavy atom. The molecule has 1 aliphatic heterocycles. The average molecular weight is 698 g/mol. The van der Waals surface area contributed by atoms with Crippen molar-refractivity contribution in [1.82, 2.24) is 30.4 Å². The van der Waals surface area contributed by atoms with Gasteiger partial charge in [-0.3, -0.25) is 14.5 Å².